The van der Waals surface area contributed by atoms with E-state index >= 15 is 0 Å². The Bertz CT molecular complexity index is 635. The van der Waals surface area contributed by atoms with Crippen molar-refractivity contribution in [3.8, 4) is 0 Å². The minimum Gasteiger partial charge on any atom is -0.357 e. The van der Waals surface area contributed by atoms with Gasteiger partial charge in [-0.2, -0.15) is 0 Å². The first kappa shape index (κ1) is 23.2. The van der Waals surface area contributed by atoms with Crippen LogP contribution in [0.25, 0.3) is 0 Å². The lowest BCUT2D eigenvalue weighted by Crippen LogP contribution is -2.44. The Balaban J connectivity index is 1.72. The van der Waals surface area contributed by atoms with E-state index in [-0.39, 0.29) is 5.91 Å². The summed E-state index contributed by atoms with van der Waals surface area (Å²) in [6, 6.07) is 7.68. The molecule has 0 saturated carbocycles. The molecule has 2 rings (SSSR count). The number of amides is 1. The van der Waals surface area contributed by atoms with Gasteiger partial charge in [-0.15, -0.1) is 0 Å². The van der Waals surface area contributed by atoms with Gasteiger partial charge in [-0.05, 0) is 51.1 Å². The van der Waals surface area contributed by atoms with Crippen molar-refractivity contribution in [3.05, 3.63) is 35.4 Å². The highest BCUT2D eigenvalue weighted by atomic mass is 16.2. The zero-order valence-corrected chi connectivity index (χ0v) is 18.6. The lowest BCUT2D eigenvalue weighted by Gasteiger charge is -2.32. The van der Waals surface area contributed by atoms with Crippen LogP contribution < -0.4 is 10.6 Å². The SMILES string of the molecule is CCNC(=NCc1ccc(C(=O)N(C)C)cc1)NCCCCN1CCN(C)CC1. The molecule has 0 radical (unpaired) electrons. The lowest BCUT2D eigenvalue weighted by atomic mass is 10.1. The lowest BCUT2D eigenvalue weighted by molar-refractivity contribution is 0.0827. The maximum atomic E-state index is 12.0. The molecule has 1 aliphatic rings. The van der Waals surface area contributed by atoms with Crippen LogP contribution in [-0.2, 0) is 6.54 Å². The average Bonchev–Trinajstić information content (AvgIpc) is 2.72. The second kappa shape index (κ2) is 12.4. The quantitative estimate of drug-likeness (QED) is 0.372. The maximum Gasteiger partial charge on any atom is 0.253 e. The van der Waals surface area contributed by atoms with Gasteiger partial charge in [-0.1, -0.05) is 12.1 Å². The number of benzene rings is 1. The minimum atomic E-state index is 0.0200. The summed E-state index contributed by atoms with van der Waals surface area (Å²) in [5.74, 6) is 0.868. The first-order valence-electron chi connectivity index (χ1n) is 10.7. The molecule has 0 aliphatic carbocycles. The molecule has 0 spiro atoms. The topological polar surface area (TPSA) is 63.2 Å². The predicted molar refractivity (Wildman–Crippen MR) is 120 cm³/mol. The number of carbonyl (C=O) groups is 1. The standard InChI is InChI=1S/C22H38N6O/c1-5-23-22(24-12-6-7-13-28-16-14-27(4)15-17-28)25-18-19-8-10-20(11-9-19)21(29)26(2)3/h8-11H,5-7,12-18H2,1-4H3,(H2,23,24,25). The van der Waals surface area contributed by atoms with Crippen molar-refractivity contribution in [2.45, 2.75) is 26.3 Å². The Morgan fingerprint density at radius 2 is 1.76 bits per heavy atom. The van der Waals surface area contributed by atoms with E-state index in [0.717, 1.165) is 31.0 Å². The van der Waals surface area contributed by atoms with Crippen molar-refractivity contribution >= 4 is 11.9 Å². The number of nitrogens with zero attached hydrogens (tertiary/aromatic N) is 4. The van der Waals surface area contributed by atoms with Crippen LogP contribution in [-0.4, -0.2) is 93.5 Å². The van der Waals surface area contributed by atoms with Crippen LogP contribution in [0.1, 0.15) is 35.7 Å². The molecule has 29 heavy (non-hydrogen) atoms. The van der Waals surface area contributed by atoms with Crippen molar-refractivity contribution in [2.24, 2.45) is 4.99 Å². The number of hydrogen-bond donors (Lipinski definition) is 2. The van der Waals surface area contributed by atoms with E-state index in [4.69, 9.17) is 0 Å². The van der Waals surface area contributed by atoms with Gasteiger partial charge in [0.05, 0.1) is 6.54 Å². The van der Waals surface area contributed by atoms with Gasteiger partial charge in [0.25, 0.3) is 5.91 Å². The summed E-state index contributed by atoms with van der Waals surface area (Å²) in [7, 11) is 5.72. The number of guanidine groups is 1. The summed E-state index contributed by atoms with van der Waals surface area (Å²) < 4.78 is 0. The molecule has 7 heteroatoms. The Morgan fingerprint density at radius 1 is 1.07 bits per heavy atom. The molecular weight excluding hydrogens is 364 g/mol. The molecule has 1 saturated heterocycles. The summed E-state index contributed by atoms with van der Waals surface area (Å²) in [5, 5.41) is 6.74. The van der Waals surface area contributed by atoms with E-state index in [1.165, 1.54) is 39.1 Å². The summed E-state index contributed by atoms with van der Waals surface area (Å²) in [4.78, 5) is 23.2. The van der Waals surface area contributed by atoms with Gasteiger partial charge in [-0.3, -0.25) is 4.79 Å². The number of rotatable bonds is 9. The number of nitrogens with one attached hydrogen (secondary N) is 2. The smallest absolute Gasteiger partial charge is 0.253 e. The van der Waals surface area contributed by atoms with Gasteiger partial charge in [0.2, 0.25) is 0 Å². The third kappa shape index (κ3) is 8.41. The fourth-order valence-electron chi connectivity index (χ4n) is 3.26. The number of carbonyl (C=O) groups excluding carboxylic acids is 1. The normalized spacial score (nSPS) is 15.9. The van der Waals surface area contributed by atoms with E-state index in [9.17, 15) is 4.79 Å². The molecule has 1 heterocycles. The Kier molecular flexibility index (Phi) is 9.94. The molecule has 1 amide bonds. The molecule has 0 unspecified atom stereocenters. The summed E-state index contributed by atoms with van der Waals surface area (Å²) in [6.07, 6.45) is 2.34. The molecular formula is C22H38N6O. The van der Waals surface area contributed by atoms with Crippen molar-refractivity contribution in [2.75, 3.05) is 67.0 Å². The molecule has 1 aromatic carbocycles. The van der Waals surface area contributed by atoms with Gasteiger partial charge in [-0.25, -0.2) is 4.99 Å². The van der Waals surface area contributed by atoms with E-state index in [2.05, 4.69) is 39.4 Å². The second-order valence-electron chi connectivity index (χ2n) is 7.87. The van der Waals surface area contributed by atoms with Gasteiger partial charge in [0, 0.05) is 58.9 Å². The second-order valence-corrected chi connectivity index (χ2v) is 7.87. The number of likely N-dealkylation sites (N-methyl/N-ethyl adjacent to an activating group) is 1. The van der Waals surface area contributed by atoms with Crippen LogP contribution in [0, 0.1) is 0 Å². The number of unbranched alkanes of at least 4 members (excludes halogenated alkanes) is 1. The first-order chi connectivity index (χ1) is 14.0. The summed E-state index contributed by atoms with van der Waals surface area (Å²) in [6.45, 7) is 10.3. The summed E-state index contributed by atoms with van der Waals surface area (Å²) >= 11 is 0. The molecule has 0 atom stereocenters. The minimum absolute atomic E-state index is 0.0200. The number of hydrogen-bond acceptors (Lipinski definition) is 4. The highest BCUT2D eigenvalue weighted by Gasteiger charge is 2.12. The number of aliphatic imine (C=N–C) groups is 1. The van der Waals surface area contributed by atoms with E-state index < -0.39 is 0 Å². The highest BCUT2D eigenvalue weighted by Crippen LogP contribution is 2.07. The van der Waals surface area contributed by atoms with E-state index in [1.807, 2.05) is 24.3 Å². The van der Waals surface area contributed by atoms with Crippen molar-refractivity contribution in [1.29, 1.82) is 0 Å². The molecule has 1 aromatic rings. The molecule has 162 valence electrons. The van der Waals surface area contributed by atoms with E-state index in [1.54, 1.807) is 19.0 Å². The Morgan fingerprint density at radius 3 is 2.38 bits per heavy atom. The molecule has 0 bridgehead atoms. The van der Waals surface area contributed by atoms with Crippen LogP contribution in [0.2, 0.25) is 0 Å². The van der Waals surface area contributed by atoms with Crippen LogP contribution in [0.3, 0.4) is 0 Å². The van der Waals surface area contributed by atoms with Gasteiger partial charge >= 0.3 is 0 Å². The summed E-state index contributed by atoms with van der Waals surface area (Å²) in [5.41, 5.74) is 1.79. The zero-order chi connectivity index (χ0) is 21.1. The van der Waals surface area contributed by atoms with Crippen molar-refractivity contribution in [3.63, 3.8) is 0 Å². The van der Waals surface area contributed by atoms with Crippen LogP contribution >= 0.6 is 0 Å². The van der Waals surface area contributed by atoms with E-state index in [0.29, 0.717) is 12.1 Å². The predicted octanol–water partition coefficient (Wildman–Crippen LogP) is 1.47. The molecule has 1 aliphatic heterocycles. The molecule has 0 aromatic heterocycles. The number of piperazine rings is 1. The fourth-order valence-corrected chi connectivity index (χ4v) is 3.26. The van der Waals surface area contributed by atoms with Crippen molar-refractivity contribution < 1.29 is 4.79 Å². The monoisotopic (exact) mass is 402 g/mol. The zero-order valence-electron chi connectivity index (χ0n) is 18.6. The van der Waals surface area contributed by atoms with Crippen LogP contribution in [0.5, 0.6) is 0 Å². The molecule has 7 nitrogen and oxygen atoms in total. The van der Waals surface area contributed by atoms with Gasteiger partial charge in [0.15, 0.2) is 5.96 Å². The Hall–Kier alpha value is -2.12. The third-order valence-corrected chi connectivity index (χ3v) is 5.16. The van der Waals surface area contributed by atoms with Crippen molar-refractivity contribution in [1.82, 2.24) is 25.3 Å². The van der Waals surface area contributed by atoms with Crippen LogP contribution in [0.4, 0.5) is 0 Å². The largest absolute Gasteiger partial charge is 0.357 e. The maximum absolute atomic E-state index is 12.0. The van der Waals surface area contributed by atoms with Crippen LogP contribution in [0.15, 0.2) is 29.3 Å². The average molecular weight is 403 g/mol. The third-order valence-electron chi connectivity index (χ3n) is 5.16. The highest BCUT2D eigenvalue weighted by molar-refractivity contribution is 5.93. The Labute approximate surface area is 176 Å². The fraction of sp³-hybridized carbons (Fsp3) is 0.636. The molecule has 2 N–H and O–H groups in total. The molecule has 1 fully saturated rings. The van der Waals surface area contributed by atoms with Gasteiger partial charge < -0.3 is 25.3 Å². The first-order valence-corrected chi connectivity index (χ1v) is 10.7. The van der Waals surface area contributed by atoms with Gasteiger partial charge in [0.1, 0.15) is 0 Å².